The number of carbonyl (C=O) groups is 7. The fourth-order valence-electron chi connectivity index (χ4n) is 4.07. The second-order valence-corrected chi connectivity index (χ2v) is 10.5. The third-order valence-electron chi connectivity index (χ3n) is 6.60. The zero-order chi connectivity index (χ0) is 34.2. The van der Waals surface area contributed by atoms with Gasteiger partial charge in [-0.3, -0.25) is 33.6 Å². The predicted molar refractivity (Wildman–Crippen MR) is 163 cm³/mol. The molecule has 0 radical (unpaired) electrons. The highest BCUT2D eigenvalue weighted by Crippen LogP contribution is 2.06. The molecule has 18 nitrogen and oxygen atoms in total. The van der Waals surface area contributed by atoms with Gasteiger partial charge < -0.3 is 59.7 Å². The zero-order valence-electron chi connectivity index (χ0n) is 25.7. The Bertz CT molecular complexity index is 968. The molecule has 0 aromatic rings. The summed E-state index contributed by atoms with van der Waals surface area (Å²) in [5.74, 6) is -6.13. The molecule has 0 aromatic carbocycles. The molecule has 18 heteroatoms. The summed E-state index contributed by atoms with van der Waals surface area (Å²) in [6, 6.07) is -4.50. The van der Waals surface area contributed by atoms with Crippen LogP contribution in [-0.4, -0.2) is 109 Å². The van der Waals surface area contributed by atoms with E-state index in [0.29, 0.717) is 64.6 Å². The molecule has 0 spiro atoms. The zero-order valence-corrected chi connectivity index (χ0v) is 25.7. The number of hydrogen-bond acceptors (Lipinski definition) is 11. The Morgan fingerprint density at radius 3 is 1.44 bits per heavy atom. The smallest absolute Gasteiger partial charge is 0.322 e. The number of nitrogens with one attached hydrogen (secondary N) is 5. The van der Waals surface area contributed by atoms with Gasteiger partial charge in [0.15, 0.2) is 0 Å². The topological polar surface area (TPSA) is 324 Å². The molecule has 0 fully saturated rings. The SMILES string of the molecule is NCCCC[C@H](NC(=O)CNC(=O)[C@H](CCCCN)NC(=O)[C@H](CCC(=O)O)NC(=O)[C@@H](N)CCCCN)C(=O)NCC(=O)O. The molecule has 0 aromatic heterocycles. The Balaban J connectivity index is 5.49. The van der Waals surface area contributed by atoms with Crippen LogP contribution in [0.2, 0.25) is 0 Å². The normalized spacial score (nSPS) is 13.4. The van der Waals surface area contributed by atoms with Crippen molar-refractivity contribution in [1.29, 1.82) is 0 Å². The van der Waals surface area contributed by atoms with Crippen LogP contribution >= 0.6 is 0 Å². The lowest BCUT2D eigenvalue weighted by Crippen LogP contribution is -2.56. The van der Waals surface area contributed by atoms with Gasteiger partial charge in [-0.05, 0) is 77.4 Å². The molecular formula is C27H51N9O9. The maximum absolute atomic E-state index is 13.2. The van der Waals surface area contributed by atoms with E-state index in [0.717, 1.165) is 0 Å². The molecule has 4 atom stereocenters. The monoisotopic (exact) mass is 645 g/mol. The molecule has 0 heterocycles. The van der Waals surface area contributed by atoms with E-state index in [1.54, 1.807) is 0 Å². The van der Waals surface area contributed by atoms with Crippen molar-refractivity contribution in [3.63, 3.8) is 0 Å². The summed E-state index contributed by atoms with van der Waals surface area (Å²) in [5.41, 5.74) is 22.4. The lowest BCUT2D eigenvalue weighted by atomic mass is 10.0. The first-order valence-corrected chi connectivity index (χ1v) is 15.1. The molecule has 5 amide bonds. The average Bonchev–Trinajstić information content (AvgIpc) is 2.99. The van der Waals surface area contributed by atoms with Gasteiger partial charge in [-0.1, -0.05) is 6.42 Å². The molecule has 258 valence electrons. The second-order valence-electron chi connectivity index (χ2n) is 10.5. The van der Waals surface area contributed by atoms with Crippen molar-refractivity contribution >= 4 is 41.5 Å². The van der Waals surface area contributed by atoms with Crippen LogP contribution in [0, 0.1) is 0 Å². The standard InChI is InChI=1S/C27H51N9O9/c28-12-4-1-7-17(31)24(42)35-20(10-11-22(38)39)27(45)36-19(9-3-6-14-30)26(44)32-15-21(37)34-18(8-2-5-13-29)25(43)33-16-23(40)41/h17-20H,1-16,28-31H2,(H,32,44)(H,33,43)(H,34,37)(H,35,42)(H,36,45)(H,38,39)(H,40,41)/t17-,18-,19-,20-/m0/s1. The van der Waals surface area contributed by atoms with Crippen LogP contribution < -0.4 is 49.5 Å². The van der Waals surface area contributed by atoms with E-state index < -0.39 is 85.2 Å². The molecule has 0 aliphatic carbocycles. The van der Waals surface area contributed by atoms with Crippen LogP contribution in [0.25, 0.3) is 0 Å². The highest BCUT2D eigenvalue weighted by atomic mass is 16.4. The first kappa shape index (κ1) is 41.1. The molecular weight excluding hydrogens is 594 g/mol. The van der Waals surface area contributed by atoms with E-state index in [1.807, 2.05) is 0 Å². The van der Waals surface area contributed by atoms with Gasteiger partial charge in [0.1, 0.15) is 24.7 Å². The van der Waals surface area contributed by atoms with Gasteiger partial charge >= 0.3 is 11.9 Å². The van der Waals surface area contributed by atoms with Crippen LogP contribution in [-0.2, 0) is 33.6 Å². The third kappa shape index (κ3) is 19.9. The number of amides is 5. The van der Waals surface area contributed by atoms with Crippen molar-refractivity contribution in [2.75, 3.05) is 32.7 Å². The lowest BCUT2D eigenvalue weighted by Gasteiger charge is -2.24. The molecule has 0 saturated heterocycles. The van der Waals surface area contributed by atoms with Gasteiger partial charge in [-0.25, -0.2) is 0 Å². The van der Waals surface area contributed by atoms with Gasteiger partial charge in [0, 0.05) is 6.42 Å². The van der Waals surface area contributed by atoms with Gasteiger partial charge in [0.25, 0.3) is 0 Å². The van der Waals surface area contributed by atoms with Crippen LogP contribution in [0.3, 0.4) is 0 Å². The van der Waals surface area contributed by atoms with Gasteiger partial charge in [-0.15, -0.1) is 0 Å². The minimum atomic E-state index is -1.30. The first-order chi connectivity index (χ1) is 21.4. The Kier molecular flexibility index (Phi) is 22.3. The lowest BCUT2D eigenvalue weighted by molar-refractivity contribution is -0.139. The number of nitrogens with two attached hydrogens (primary N) is 4. The maximum Gasteiger partial charge on any atom is 0.322 e. The summed E-state index contributed by atoms with van der Waals surface area (Å²) in [4.78, 5) is 85.8. The van der Waals surface area contributed by atoms with Gasteiger partial charge in [-0.2, -0.15) is 0 Å². The number of carbonyl (C=O) groups excluding carboxylic acids is 5. The highest BCUT2D eigenvalue weighted by Gasteiger charge is 2.29. The van der Waals surface area contributed by atoms with E-state index in [2.05, 4.69) is 26.6 Å². The Morgan fingerprint density at radius 2 is 0.956 bits per heavy atom. The first-order valence-electron chi connectivity index (χ1n) is 15.1. The van der Waals surface area contributed by atoms with E-state index >= 15 is 0 Å². The summed E-state index contributed by atoms with van der Waals surface area (Å²) in [6.07, 6.45) is 3.10. The number of unbranched alkanes of at least 4 members (excludes halogenated alkanes) is 3. The number of carboxylic acid groups (broad SMARTS) is 2. The van der Waals surface area contributed by atoms with Crippen molar-refractivity contribution in [3.05, 3.63) is 0 Å². The quantitative estimate of drug-likeness (QED) is 0.0405. The van der Waals surface area contributed by atoms with Crippen LogP contribution in [0.5, 0.6) is 0 Å². The number of hydrogen-bond donors (Lipinski definition) is 11. The van der Waals surface area contributed by atoms with E-state index in [9.17, 15) is 33.6 Å². The fourth-order valence-corrected chi connectivity index (χ4v) is 4.07. The number of rotatable bonds is 26. The summed E-state index contributed by atoms with van der Waals surface area (Å²) in [6.45, 7) is -0.118. The number of aliphatic carboxylic acids is 2. The summed E-state index contributed by atoms with van der Waals surface area (Å²) in [5, 5.41) is 30.0. The summed E-state index contributed by atoms with van der Waals surface area (Å²) in [7, 11) is 0. The molecule has 0 unspecified atom stereocenters. The molecule has 0 aliphatic rings. The Labute approximate surface area is 262 Å². The van der Waals surface area contributed by atoms with Gasteiger partial charge in [0.2, 0.25) is 29.5 Å². The minimum Gasteiger partial charge on any atom is -0.481 e. The van der Waals surface area contributed by atoms with E-state index in [4.69, 9.17) is 33.1 Å². The molecule has 0 rings (SSSR count). The molecule has 45 heavy (non-hydrogen) atoms. The van der Waals surface area contributed by atoms with Gasteiger partial charge in [0.05, 0.1) is 12.6 Å². The van der Waals surface area contributed by atoms with Crippen molar-refractivity contribution in [3.8, 4) is 0 Å². The van der Waals surface area contributed by atoms with Crippen molar-refractivity contribution in [2.45, 2.75) is 94.8 Å². The Morgan fingerprint density at radius 1 is 0.511 bits per heavy atom. The molecule has 15 N–H and O–H groups in total. The van der Waals surface area contributed by atoms with Crippen molar-refractivity contribution < 1.29 is 43.8 Å². The fraction of sp³-hybridized carbons (Fsp3) is 0.741. The van der Waals surface area contributed by atoms with Crippen LogP contribution in [0.1, 0.15) is 70.6 Å². The van der Waals surface area contributed by atoms with Crippen LogP contribution in [0.4, 0.5) is 0 Å². The van der Waals surface area contributed by atoms with E-state index in [1.165, 1.54) is 0 Å². The summed E-state index contributed by atoms with van der Waals surface area (Å²) < 4.78 is 0. The second kappa shape index (κ2) is 24.5. The molecule has 0 bridgehead atoms. The molecule has 0 saturated carbocycles. The van der Waals surface area contributed by atoms with E-state index in [-0.39, 0.29) is 19.3 Å². The third-order valence-corrected chi connectivity index (χ3v) is 6.60. The predicted octanol–water partition coefficient (Wildman–Crippen LogP) is -3.66. The summed E-state index contributed by atoms with van der Waals surface area (Å²) >= 11 is 0. The Hall–Kier alpha value is -3.87. The number of carboxylic acids is 2. The van der Waals surface area contributed by atoms with Crippen LogP contribution in [0.15, 0.2) is 0 Å². The molecule has 0 aliphatic heterocycles. The highest BCUT2D eigenvalue weighted by molar-refractivity contribution is 5.95. The van der Waals surface area contributed by atoms with Crippen molar-refractivity contribution in [1.82, 2.24) is 26.6 Å². The largest absolute Gasteiger partial charge is 0.481 e. The van der Waals surface area contributed by atoms with Crippen molar-refractivity contribution in [2.24, 2.45) is 22.9 Å². The minimum absolute atomic E-state index is 0.119. The maximum atomic E-state index is 13.2. The average molecular weight is 646 g/mol.